The van der Waals surface area contributed by atoms with Crippen LogP contribution < -0.4 is 0 Å². The van der Waals surface area contributed by atoms with Gasteiger partial charge in [-0.05, 0) is 45.0 Å². The van der Waals surface area contributed by atoms with Crippen LogP contribution in [0.2, 0.25) is 0 Å². The van der Waals surface area contributed by atoms with Crippen LogP contribution in [0.5, 0.6) is 5.75 Å². The van der Waals surface area contributed by atoms with Gasteiger partial charge in [0.1, 0.15) is 11.6 Å². The van der Waals surface area contributed by atoms with Crippen LogP contribution in [0.4, 0.5) is 0 Å². The SMILES string of the molecule is CC(c1nc2ccc(O)cc2[nH]1)N1CCCC1. The van der Waals surface area contributed by atoms with Gasteiger partial charge in [0.05, 0.1) is 17.1 Å². The molecule has 1 aromatic carbocycles. The molecule has 90 valence electrons. The summed E-state index contributed by atoms with van der Waals surface area (Å²) >= 11 is 0. The van der Waals surface area contributed by atoms with E-state index in [1.54, 1.807) is 12.1 Å². The van der Waals surface area contributed by atoms with Gasteiger partial charge in [-0.15, -0.1) is 0 Å². The lowest BCUT2D eigenvalue weighted by molar-refractivity contribution is 0.255. The lowest BCUT2D eigenvalue weighted by Crippen LogP contribution is -2.24. The minimum atomic E-state index is 0.279. The summed E-state index contributed by atoms with van der Waals surface area (Å²) in [5.41, 5.74) is 1.83. The van der Waals surface area contributed by atoms with E-state index in [9.17, 15) is 5.11 Å². The Balaban J connectivity index is 1.94. The standard InChI is InChI=1S/C13H17N3O/c1-9(16-6-2-3-7-16)13-14-11-5-4-10(17)8-12(11)15-13/h4-5,8-9,17H,2-3,6-7H2,1H3,(H,14,15). The molecule has 1 aliphatic rings. The molecule has 0 spiro atoms. The van der Waals surface area contributed by atoms with Gasteiger partial charge in [0, 0.05) is 6.07 Å². The number of likely N-dealkylation sites (tertiary alicyclic amines) is 1. The van der Waals surface area contributed by atoms with Crippen LogP contribution >= 0.6 is 0 Å². The third-order valence-electron chi connectivity index (χ3n) is 3.57. The molecule has 0 bridgehead atoms. The number of benzene rings is 1. The second kappa shape index (κ2) is 4.04. The van der Waals surface area contributed by atoms with Gasteiger partial charge in [-0.2, -0.15) is 0 Å². The van der Waals surface area contributed by atoms with E-state index in [4.69, 9.17) is 0 Å². The molecule has 17 heavy (non-hydrogen) atoms. The van der Waals surface area contributed by atoms with Crippen molar-refractivity contribution in [1.29, 1.82) is 0 Å². The number of imidazole rings is 1. The fourth-order valence-corrected chi connectivity index (χ4v) is 2.52. The number of phenols is 1. The normalized spacial score (nSPS) is 18.9. The van der Waals surface area contributed by atoms with Gasteiger partial charge in [0.25, 0.3) is 0 Å². The average Bonchev–Trinajstić information content (AvgIpc) is 2.96. The quantitative estimate of drug-likeness (QED) is 0.834. The molecular weight excluding hydrogens is 214 g/mol. The maximum absolute atomic E-state index is 9.43. The first-order chi connectivity index (χ1) is 8.24. The van der Waals surface area contributed by atoms with Crippen LogP contribution in [-0.2, 0) is 0 Å². The van der Waals surface area contributed by atoms with Crippen LogP contribution in [0.25, 0.3) is 11.0 Å². The van der Waals surface area contributed by atoms with Crippen molar-refractivity contribution >= 4 is 11.0 Å². The lowest BCUT2D eigenvalue weighted by atomic mass is 10.3. The van der Waals surface area contributed by atoms with Crippen molar-refractivity contribution in [2.24, 2.45) is 0 Å². The Kier molecular flexibility index (Phi) is 2.52. The van der Waals surface area contributed by atoms with Crippen LogP contribution in [0.15, 0.2) is 18.2 Å². The van der Waals surface area contributed by atoms with Crippen molar-refractivity contribution in [3.05, 3.63) is 24.0 Å². The Labute approximate surface area is 100 Å². The summed E-state index contributed by atoms with van der Waals surface area (Å²) in [6.07, 6.45) is 2.57. The van der Waals surface area contributed by atoms with Gasteiger partial charge in [-0.25, -0.2) is 4.98 Å². The number of aromatic amines is 1. The number of nitrogens with one attached hydrogen (secondary N) is 1. The topological polar surface area (TPSA) is 52.2 Å². The van der Waals surface area contributed by atoms with E-state index >= 15 is 0 Å². The Hall–Kier alpha value is -1.55. The van der Waals surface area contributed by atoms with E-state index in [0.717, 1.165) is 29.9 Å². The van der Waals surface area contributed by atoms with Gasteiger partial charge < -0.3 is 10.1 Å². The molecule has 0 aliphatic carbocycles. The summed E-state index contributed by atoms with van der Waals surface area (Å²) < 4.78 is 0. The molecule has 2 N–H and O–H groups in total. The van der Waals surface area contributed by atoms with Crippen molar-refractivity contribution in [1.82, 2.24) is 14.9 Å². The maximum Gasteiger partial charge on any atom is 0.124 e. The van der Waals surface area contributed by atoms with E-state index < -0.39 is 0 Å². The first kappa shape index (κ1) is 10.6. The summed E-state index contributed by atoms with van der Waals surface area (Å²) in [4.78, 5) is 10.3. The molecular formula is C13H17N3O. The molecule has 0 amide bonds. The van der Waals surface area contributed by atoms with E-state index in [1.165, 1.54) is 12.8 Å². The molecule has 1 aliphatic heterocycles. The minimum Gasteiger partial charge on any atom is -0.508 e. The highest BCUT2D eigenvalue weighted by Crippen LogP contribution is 2.25. The van der Waals surface area contributed by atoms with Crippen LogP contribution in [0.1, 0.15) is 31.6 Å². The molecule has 1 saturated heterocycles. The van der Waals surface area contributed by atoms with Gasteiger partial charge in [0.2, 0.25) is 0 Å². The van der Waals surface area contributed by atoms with Crippen molar-refractivity contribution in [3.63, 3.8) is 0 Å². The molecule has 0 saturated carbocycles. The maximum atomic E-state index is 9.43. The molecule has 1 unspecified atom stereocenters. The van der Waals surface area contributed by atoms with Gasteiger partial charge in [-0.3, -0.25) is 4.90 Å². The minimum absolute atomic E-state index is 0.279. The largest absolute Gasteiger partial charge is 0.508 e. The molecule has 1 fully saturated rings. The summed E-state index contributed by atoms with van der Waals surface area (Å²) in [7, 11) is 0. The number of H-pyrrole nitrogens is 1. The number of hydrogen-bond acceptors (Lipinski definition) is 3. The number of phenolic OH excluding ortho intramolecular Hbond substituents is 1. The molecule has 0 radical (unpaired) electrons. The zero-order valence-corrected chi connectivity index (χ0v) is 9.98. The van der Waals surface area contributed by atoms with Crippen LogP contribution in [0, 0.1) is 0 Å². The number of rotatable bonds is 2. The Morgan fingerprint density at radius 1 is 1.35 bits per heavy atom. The third-order valence-corrected chi connectivity index (χ3v) is 3.57. The smallest absolute Gasteiger partial charge is 0.124 e. The molecule has 4 nitrogen and oxygen atoms in total. The van der Waals surface area contributed by atoms with Crippen LogP contribution in [0.3, 0.4) is 0 Å². The van der Waals surface area contributed by atoms with E-state index in [2.05, 4.69) is 21.8 Å². The summed E-state index contributed by atoms with van der Waals surface area (Å²) in [5, 5.41) is 9.43. The highest BCUT2D eigenvalue weighted by Gasteiger charge is 2.21. The van der Waals surface area contributed by atoms with Crippen molar-refractivity contribution in [2.75, 3.05) is 13.1 Å². The predicted octanol–water partition coefficient (Wildman–Crippen LogP) is 2.43. The van der Waals surface area contributed by atoms with E-state index in [-0.39, 0.29) is 5.75 Å². The fraction of sp³-hybridized carbons (Fsp3) is 0.462. The summed E-state index contributed by atoms with van der Waals surface area (Å²) in [6, 6.07) is 5.57. The van der Waals surface area contributed by atoms with Gasteiger partial charge in [0.15, 0.2) is 0 Å². The Morgan fingerprint density at radius 2 is 2.12 bits per heavy atom. The van der Waals surface area contributed by atoms with Crippen LogP contribution in [-0.4, -0.2) is 33.1 Å². The van der Waals surface area contributed by atoms with Crippen molar-refractivity contribution in [2.45, 2.75) is 25.8 Å². The van der Waals surface area contributed by atoms with Gasteiger partial charge >= 0.3 is 0 Å². The highest BCUT2D eigenvalue weighted by molar-refractivity contribution is 5.76. The summed E-state index contributed by atoms with van der Waals surface area (Å²) in [5.74, 6) is 1.27. The second-order valence-electron chi connectivity index (χ2n) is 4.74. The summed E-state index contributed by atoms with van der Waals surface area (Å²) in [6.45, 7) is 4.50. The Morgan fingerprint density at radius 3 is 2.88 bits per heavy atom. The zero-order chi connectivity index (χ0) is 11.8. The molecule has 3 rings (SSSR count). The predicted molar refractivity (Wildman–Crippen MR) is 67.0 cm³/mol. The number of fused-ring (bicyclic) bond motifs is 1. The van der Waals surface area contributed by atoms with E-state index in [0.29, 0.717) is 6.04 Å². The molecule has 2 aromatic rings. The number of nitrogens with zero attached hydrogens (tertiary/aromatic N) is 2. The molecule has 4 heteroatoms. The van der Waals surface area contributed by atoms with Crippen molar-refractivity contribution < 1.29 is 5.11 Å². The first-order valence-electron chi connectivity index (χ1n) is 6.17. The fourth-order valence-electron chi connectivity index (χ4n) is 2.52. The average molecular weight is 231 g/mol. The zero-order valence-electron chi connectivity index (χ0n) is 9.98. The number of aromatic hydroxyl groups is 1. The lowest BCUT2D eigenvalue weighted by Gasteiger charge is -2.21. The number of aromatic nitrogens is 2. The van der Waals surface area contributed by atoms with Gasteiger partial charge in [-0.1, -0.05) is 0 Å². The molecule has 1 aromatic heterocycles. The monoisotopic (exact) mass is 231 g/mol. The highest BCUT2D eigenvalue weighted by atomic mass is 16.3. The molecule has 1 atom stereocenters. The first-order valence-corrected chi connectivity index (χ1v) is 6.17. The Bertz CT molecular complexity index is 528. The van der Waals surface area contributed by atoms with Crippen molar-refractivity contribution in [3.8, 4) is 5.75 Å². The second-order valence-corrected chi connectivity index (χ2v) is 4.74. The number of hydrogen-bond donors (Lipinski definition) is 2. The third kappa shape index (κ3) is 1.89. The molecule has 2 heterocycles. The van der Waals surface area contributed by atoms with E-state index in [1.807, 2.05) is 6.07 Å².